The van der Waals surface area contributed by atoms with Crippen molar-refractivity contribution in [3.8, 4) is 5.69 Å². The van der Waals surface area contributed by atoms with Gasteiger partial charge in [-0.2, -0.15) is 18.3 Å². The number of piperidine rings is 1. The van der Waals surface area contributed by atoms with Gasteiger partial charge in [-0.25, -0.2) is 14.3 Å². The van der Waals surface area contributed by atoms with Crippen LogP contribution in [0.2, 0.25) is 0 Å². The Morgan fingerprint density at radius 2 is 1.83 bits per heavy atom. The molecule has 192 valence electrons. The van der Waals surface area contributed by atoms with Crippen molar-refractivity contribution >= 4 is 28.6 Å². The molecule has 1 fully saturated rings. The van der Waals surface area contributed by atoms with E-state index in [2.05, 4.69) is 10.4 Å². The summed E-state index contributed by atoms with van der Waals surface area (Å²) in [6.45, 7) is 4.58. The van der Waals surface area contributed by atoms with Crippen LogP contribution >= 0.6 is 0 Å². The topological polar surface area (TPSA) is 108 Å². The highest BCUT2D eigenvalue weighted by molar-refractivity contribution is 5.95. The lowest BCUT2D eigenvalue weighted by Crippen LogP contribution is -2.48. The number of anilines is 1. The molecule has 2 heterocycles. The van der Waals surface area contributed by atoms with Crippen LogP contribution in [0, 0.1) is 5.92 Å². The highest BCUT2D eigenvalue weighted by Gasteiger charge is 2.36. The third-order valence-corrected chi connectivity index (χ3v) is 6.33. The predicted octanol–water partition coefficient (Wildman–Crippen LogP) is 5.15. The molecule has 3 N–H and O–H groups in total. The van der Waals surface area contributed by atoms with Gasteiger partial charge < -0.3 is 20.4 Å². The molecule has 2 aromatic carbocycles. The molecular formula is C25H27F3N4O4. The summed E-state index contributed by atoms with van der Waals surface area (Å²) in [4.78, 5) is 25.8. The Kier molecular flexibility index (Phi) is 6.70. The first-order valence-corrected chi connectivity index (χ1v) is 11.6. The van der Waals surface area contributed by atoms with Gasteiger partial charge in [-0.1, -0.05) is 26.0 Å². The molecule has 1 saturated heterocycles. The van der Waals surface area contributed by atoms with Gasteiger partial charge in [0.2, 0.25) is 0 Å². The number of urea groups is 1. The van der Waals surface area contributed by atoms with Crippen molar-refractivity contribution in [3.05, 3.63) is 53.7 Å². The Labute approximate surface area is 205 Å². The number of fused-ring (bicyclic) bond motifs is 1. The summed E-state index contributed by atoms with van der Waals surface area (Å²) in [7, 11) is 0. The largest absolute Gasteiger partial charge is 0.478 e. The van der Waals surface area contributed by atoms with Gasteiger partial charge in [0.1, 0.15) is 0 Å². The molecule has 0 radical (unpaired) electrons. The highest BCUT2D eigenvalue weighted by Crippen LogP contribution is 2.37. The van der Waals surface area contributed by atoms with E-state index in [0.29, 0.717) is 25.2 Å². The van der Waals surface area contributed by atoms with E-state index in [0.717, 1.165) is 16.9 Å². The molecule has 2 amide bonds. The maximum absolute atomic E-state index is 13.9. The minimum absolute atomic E-state index is 0.0507. The van der Waals surface area contributed by atoms with Crippen molar-refractivity contribution in [2.45, 2.75) is 44.9 Å². The molecule has 1 aliphatic heterocycles. The standard InChI is InChI=1S/C25H27F3N4O4/c1-15(2)13-24(36)7-9-31(10-8-24)23(35)29-16-11-19(25(26,27)28)18-14-32(30-20(18)12-16)21-6-4-3-5-17(21)22(33)34/h3-6,11-12,14-15,36H,7-10,13H2,1-2H3,(H,29,35)(H,33,34). The number of amides is 2. The van der Waals surface area contributed by atoms with Gasteiger partial charge in [0, 0.05) is 30.4 Å². The van der Waals surface area contributed by atoms with Crippen LogP contribution in [0.5, 0.6) is 0 Å². The number of hydrogen-bond acceptors (Lipinski definition) is 4. The van der Waals surface area contributed by atoms with Crippen LogP contribution in [0.1, 0.15) is 49.0 Å². The van der Waals surface area contributed by atoms with Gasteiger partial charge in [0.15, 0.2) is 0 Å². The number of hydrogen-bond donors (Lipinski definition) is 3. The molecule has 1 aromatic heterocycles. The number of aromatic carboxylic acids is 1. The summed E-state index contributed by atoms with van der Waals surface area (Å²) in [6.07, 6.45) is -2.22. The third-order valence-electron chi connectivity index (χ3n) is 6.33. The summed E-state index contributed by atoms with van der Waals surface area (Å²) in [5.74, 6) is -0.943. The van der Waals surface area contributed by atoms with Crippen molar-refractivity contribution in [3.63, 3.8) is 0 Å². The zero-order chi connectivity index (χ0) is 26.3. The molecule has 11 heteroatoms. The maximum Gasteiger partial charge on any atom is 0.417 e. The second kappa shape index (κ2) is 9.45. The first-order valence-electron chi connectivity index (χ1n) is 11.6. The Morgan fingerprint density at radius 3 is 2.44 bits per heavy atom. The molecule has 0 aliphatic carbocycles. The second-order valence-electron chi connectivity index (χ2n) is 9.59. The smallest absolute Gasteiger partial charge is 0.417 e. The van der Waals surface area contributed by atoms with Crippen LogP contribution < -0.4 is 5.32 Å². The van der Waals surface area contributed by atoms with Crippen molar-refractivity contribution in [1.82, 2.24) is 14.7 Å². The van der Waals surface area contributed by atoms with Crippen LogP contribution in [-0.4, -0.2) is 55.6 Å². The van der Waals surface area contributed by atoms with Gasteiger partial charge in [-0.15, -0.1) is 0 Å². The summed E-state index contributed by atoms with van der Waals surface area (Å²) >= 11 is 0. The lowest BCUT2D eigenvalue weighted by atomic mass is 9.84. The number of nitrogens with one attached hydrogen (secondary N) is 1. The average molecular weight is 505 g/mol. The van der Waals surface area contributed by atoms with Crippen LogP contribution in [0.3, 0.4) is 0 Å². The molecule has 0 unspecified atom stereocenters. The molecule has 0 saturated carbocycles. The Bertz CT molecular complexity index is 1290. The van der Waals surface area contributed by atoms with E-state index >= 15 is 0 Å². The van der Waals surface area contributed by atoms with Crippen molar-refractivity contribution in [1.29, 1.82) is 0 Å². The number of likely N-dealkylation sites (tertiary alicyclic amines) is 1. The normalized spacial score (nSPS) is 15.9. The average Bonchev–Trinajstić information content (AvgIpc) is 3.21. The number of benzene rings is 2. The van der Waals surface area contributed by atoms with E-state index in [4.69, 9.17) is 0 Å². The zero-order valence-corrected chi connectivity index (χ0v) is 19.8. The van der Waals surface area contributed by atoms with Crippen molar-refractivity contribution in [2.75, 3.05) is 18.4 Å². The molecular weight excluding hydrogens is 477 g/mol. The number of aliphatic hydroxyl groups is 1. The molecule has 1 aliphatic rings. The maximum atomic E-state index is 13.9. The first-order chi connectivity index (χ1) is 16.9. The number of carboxylic acid groups (broad SMARTS) is 1. The fraction of sp³-hybridized carbons (Fsp3) is 0.400. The van der Waals surface area contributed by atoms with Crippen molar-refractivity contribution in [2.24, 2.45) is 5.92 Å². The van der Waals surface area contributed by atoms with Gasteiger partial charge in [0.05, 0.1) is 27.9 Å². The molecule has 8 nitrogen and oxygen atoms in total. The molecule has 0 spiro atoms. The number of halogens is 3. The Balaban J connectivity index is 1.63. The number of carbonyl (C=O) groups excluding carboxylic acids is 1. The van der Waals surface area contributed by atoms with E-state index in [1.807, 2.05) is 13.8 Å². The van der Waals surface area contributed by atoms with E-state index in [1.54, 1.807) is 6.07 Å². The monoisotopic (exact) mass is 504 g/mol. The highest BCUT2D eigenvalue weighted by atomic mass is 19.4. The van der Waals surface area contributed by atoms with Gasteiger partial charge in [-0.05, 0) is 49.4 Å². The molecule has 0 atom stereocenters. The number of carboxylic acids is 1. The van der Waals surface area contributed by atoms with Gasteiger partial charge in [0.25, 0.3) is 0 Å². The Morgan fingerprint density at radius 1 is 1.17 bits per heavy atom. The number of rotatable bonds is 5. The number of aromatic nitrogens is 2. The SMILES string of the molecule is CC(C)CC1(O)CCN(C(=O)Nc2cc(C(F)(F)F)c3cn(-c4ccccc4C(=O)O)nc3c2)CC1. The quantitative estimate of drug-likeness (QED) is 0.446. The summed E-state index contributed by atoms with van der Waals surface area (Å²) in [6, 6.07) is 7.45. The first kappa shape index (κ1) is 25.5. The lowest BCUT2D eigenvalue weighted by Gasteiger charge is -2.39. The van der Waals surface area contributed by atoms with Crippen LogP contribution in [0.25, 0.3) is 16.6 Å². The fourth-order valence-electron chi connectivity index (χ4n) is 4.70. The minimum atomic E-state index is -4.74. The minimum Gasteiger partial charge on any atom is -0.478 e. The van der Waals surface area contributed by atoms with Crippen LogP contribution in [0.15, 0.2) is 42.6 Å². The fourth-order valence-corrected chi connectivity index (χ4v) is 4.70. The summed E-state index contributed by atoms with van der Waals surface area (Å²) in [5.41, 5.74) is -1.99. The lowest BCUT2D eigenvalue weighted by molar-refractivity contribution is -0.136. The summed E-state index contributed by atoms with van der Waals surface area (Å²) < 4.78 is 42.8. The zero-order valence-electron chi connectivity index (χ0n) is 19.8. The van der Waals surface area contributed by atoms with E-state index in [9.17, 15) is 33.0 Å². The van der Waals surface area contributed by atoms with E-state index < -0.39 is 29.3 Å². The van der Waals surface area contributed by atoms with E-state index in [1.165, 1.54) is 29.2 Å². The van der Waals surface area contributed by atoms with Crippen LogP contribution in [0.4, 0.5) is 23.7 Å². The van der Waals surface area contributed by atoms with Crippen LogP contribution in [-0.2, 0) is 6.18 Å². The predicted molar refractivity (Wildman–Crippen MR) is 127 cm³/mol. The molecule has 4 rings (SSSR count). The van der Waals surface area contributed by atoms with Gasteiger partial charge >= 0.3 is 18.2 Å². The summed E-state index contributed by atoms with van der Waals surface area (Å²) in [5, 5.41) is 26.6. The second-order valence-corrected chi connectivity index (χ2v) is 9.59. The number of para-hydroxylation sites is 1. The van der Waals surface area contributed by atoms with E-state index in [-0.39, 0.29) is 40.9 Å². The Hall–Kier alpha value is -3.60. The van der Waals surface area contributed by atoms with Gasteiger partial charge in [-0.3, -0.25) is 0 Å². The molecule has 36 heavy (non-hydrogen) atoms. The number of alkyl halides is 3. The number of nitrogens with zero attached hydrogens (tertiary/aromatic N) is 3. The third kappa shape index (κ3) is 5.30. The molecule has 3 aromatic rings. The number of carbonyl (C=O) groups is 2. The van der Waals surface area contributed by atoms with Crippen molar-refractivity contribution < 1.29 is 33.0 Å². The molecule has 0 bridgehead atoms.